The zero-order valence-electron chi connectivity index (χ0n) is 14.5. The van der Waals surface area contributed by atoms with Crippen LogP contribution in [-0.2, 0) is 9.53 Å². The van der Waals surface area contributed by atoms with Crippen molar-refractivity contribution < 1.29 is 14.3 Å². The van der Waals surface area contributed by atoms with Gasteiger partial charge in [0.15, 0.2) is 16.9 Å². The van der Waals surface area contributed by atoms with Gasteiger partial charge in [-0.3, -0.25) is 4.79 Å². The highest BCUT2D eigenvalue weighted by molar-refractivity contribution is 7.13. The number of nitrogens with one attached hydrogen (secondary N) is 2. The summed E-state index contributed by atoms with van der Waals surface area (Å²) >= 11 is 1.31. The highest BCUT2D eigenvalue weighted by Gasteiger charge is 2.20. The number of nitrogens with zero attached hydrogens (tertiary/aromatic N) is 1. The molecule has 1 aliphatic rings. The molecule has 1 amide bonds. The predicted octanol–water partition coefficient (Wildman–Crippen LogP) is 3.29. The van der Waals surface area contributed by atoms with Gasteiger partial charge in [0.05, 0.1) is 0 Å². The Hall–Kier alpha value is -2.15. The molecule has 0 bridgehead atoms. The summed E-state index contributed by atoms with van der Waals surface area (Å²) in [7, 11) is 0. The van der Waals surface area contributed by atoms with E-state index in [9.17, 15) is 9.59 Å². The molecule has 7 heteroatoms. The zero-order valence-corrected chi connectivity index (χ0v) is 15.4. The fraction of sp³-hybridized carbons (Fsp3) is 0.500. The first kappa shape index (κ1) is 19.2. The van der Waals surface area contributed by atoms with Gasteiger partial charge in [0.1, 0.15) is 0 Å². The Morgan fingerprint density at radius 1 is 1.48 bits per heavy atom. The Kier molecular flexibility index (Phi) is 7.66. The maximum atomic E-state index is 12.1. The fourth-order valence-electron chi connectivity index (χ4n) is 2.50. The number of anilines is 1. The summed E-state index contributed by atoms with van der Waals surface area (Å²) in [5, 5.41) is 8.04. The van der Waals surface area contributed by atoms with Crippen LogP contribution in [-0.4, -0.2) is 36.1 Å². The van der Waals surface area contributed by atoms with Crippen molar-refractivity contribution in [3.63, 3.8) is 0 Å². The lowest BCUT2D eigenvalue weighted by atomic mass is 9.97. The lowest BCUT2D eigenvalue weighted by molar-refractivity contribution is -0.129. The molecular weight excluding hydrogens is 338 g/mol. The van der Waals surface area contributed by atoms with Crippen LogP contribution in [0.2, 0.25) is 0 Å². The second-order valence-corrected chi connectivity index (χ2v) is 6.76. The highest BCUT2D eigenvalue weighted by atomic mass is 32.1. The molecule has 1 atom stereocenters. The maximum absolute atomic E-state index is 12.1. The zero-order chi connectivity index (χ0) is 18.1. The van der Waals surface area contributed by atoms with Gasteiger partial charge in [-0.1, -0.05) is 17.7 Å². The smallest absolute Gasteiger partial charge is 0.358 e. The first-order valence-corrected chi connectivity index (χ1v) is 9.45. The summed E-state index contributed by atoms with van der Waals surface area (Å²) in [5.41, 5.74) is 1.60. The van der Waals surface area contributed by atoms with Crippen molar-refractivity contribution in [2.45, 2.75) is 45.1 Å². The van der Waals surface area contributed by atoms with E-state index in [1.165, 1.54) is 29.8 Å². The molecule has 0 saturated carbocycles. The number of aromatic nitrogens is 1. The lowest BCUT2D eigenvalue weighted by Gasteiger charge is -2.15. The third-order valence-electron chi connectivity index (χ3n) is 3.89. The minimum atomic E-state index is -0.848. The Morgan fingerprint density at radius 3 is 3.04 bits per heavy atom. The topological polar surface area (TPSA) is 80.3 Å². The summed E-state index contributed by atoms with van der Waals surface area (Å²) in [6.07, 6.45) is 8.71. The monoisotopic (exact) mass is 363 g/mol. The van der Waals surface area contributed by atoms with E-state index in [4.69, 9.17) is 4.74 Å². The van der Waals surface area contributed by atoms with Gasteiger partial charge in [-0.25, -0.2) is 9.78 Å². The minimum absolute atomic E-state index is 0.198. The van der Waals surface area contributed by atoms with Crippen LogP contribution in [0.25, 0.3) is 0 Å². The molecule has 0 aliphatic heterocycles. The van der Waals surface area contributed by atoms with Crippen LogP contribution in [0.4, 0.5) is 5.13 Å². The average molecular weight is 363 g/mol. The average Bonchev–Trinajstić information content (AvgIpc) is 3.09. The normalized spacial score (nSPS) is 15.0. The Morgan fingerprint density at radius 2 is 2.32 bits per heavy atom. The molecule has 2 rings (SSSR count). The van der Waals surface area contributed by atoms with Crippen LogP contribution in [0.5, 0.6) is 0 Å². The number of rotatable bonds is 9. The van der Waals surface area contributed by atoms with Gasteiger partial charge in [0.25, 0.3) is 5.91 Å². The first-order chi connectivity index (χ1) is 12.1. The molecule has 136 valence electrons. The van der Waals surface area contributed by atoms with Crippen LogP contribution in [0.1, 0.15) is 49.5 Å². The van der Waals surface area contributed by atoms with Crippen molar-refractivity contribution in [2.24, 2.45) is 0 Å². The third kappa shape index (κ3) is 6.34. The number of carbonyl (C=O) groups excluding carboxylic acids is 2. The number of carbonyl (C=O) groups is 2. The molecule has 1 heterocycles. The molecule has 25 heavy (non-hydrogen) atoms. The molecule has 0 radical (unpaired) electrons. The van der Waals surface area contributed by atoms with Crippen LogP contribution in [0.15, 0.2) is 29.7 Å². The summed E-state index contributed by atoms with van der Waals surface area (Å²) in [6.45, 7) is 6.31. The van der Waals surface area contributed by atoms with E-state index in [2.05, 4.69) is 28.3 Å². The van der Waals surface area contributed by atoms with Gasteiger partial charge < -0.3 is 15.4 Å². The van der Waals surface area contributed by atoms with E-state index in [0.29, 0.717) is 18.2 Å². The van der Waals surface area contributed by atoms with E-state index >= 15 is 0 Å². The standard InChI is InChI=1S/C18H25N3O3S/c1-3-10-20-18-21-15(12-25-18)17(23)24-13(2)16(22)19-11-9-14-7-5-4-6-8-14/h3,7,12-13H,1,4-6,8-11H2,2H3,(H,19,22)(H,20,21). The Bertz CT molecular complexity index is 639. The lowest BCUT2D eigenvalue weighted by Crippen LogP contribution is -2.36. The number of hydrogen-bond donors (Lipinski definition) is 2. The molecule has 0 spiro atoms. The van der Waals surface area contributed by atoms with Crippen molar-refractivity contribution >= 4 is 28.3 Å². The summed E-state index contributed by atoms with van der Waals surface area (Å²) in [5.74, 6) is -0.884. The number of thiazole rings is 1. The van der Waals surface area contributed by atoms with E-state index < -0.39 is 12.1 Å². The van der Waals surface area contributed by atoms with Crippen LogP contribution < -0.4 is 10.6 Å². The van der Waals surface area contributed by atoms with Crippen molar-refractivity contribution in [3.05, 3.63) is 35.4 Å². The molecule has 0 aromatic carbocycles. The molecule has 1 aromatic heterocycles. The largest absolute Gasteiger partial charge is 0.448 e. The van der Waals surface area contributed by atoms with Crippen LogP contribution >= 0.6 is 11.3 Å². The van der Waals surface area contributed by atoms with E-state index in [-0.39, 0.29) is 11.6 Å². The van der Waals surface area contributed by atoms with Gasteiger partial charge in [0, 0.05) is 18.5 Å². The fourth-order valence-corrected chi connectivity index (χ4v) is 3.19. The number of hydrogen-bond acceptors (Lipinski definition) is 6. The van der Waals surface area contributed by atoms with Crippen molar-refractivity contribution in [1.82, 2.24) is 10.3 Å². The summed E-state index contributed by atoms with van der Waals surface area (Å²) in [4.78, 5) is 28.2. The molecule has 2 N–H and O–H groups in total. The van der Waals surface area contributed by atoms with Gasteiger partial charge in [0.2, 0.25) is 0 Å². The number of amides is 1. The van der Waals surface area contributed by atoms with Crippen LogP contribution in [0.3, 0.4) is 0 Å². The third-order valence-corrected chi connectivity index (χ3v) is 4.69. The summed E-state index contributed by atoms with van der Waals surface area (Å²) < 4.78 is 5.19. The molecule has 1 aromatic rings. The summed E-state index contributed by atoms with van der Waals surface area (Å²) in [6, 6.07) is 0. The first-order valence-electron chi connectivity index (χ1n) is 8.57. The number of allylic oxidation sites excluding steroid dienone is 1. The maximum Gasteiger partial charge on any atom is 0.358 e. The molecule has 1 aliphatic carbocycles. The van der Waals surface area contributed by atoms with Gasteiger partial charge in [-0.05, 0) is 39.0 Å². The molecule has 0 fully saturated rings. The van der Waals surface area contributed by atoms with Crippen molar-refractivity contribution in [1.29, 1.82) is 0 Å². The van der Waals surface area contributed by atoms with Gasteiger partial charge >= 0.3 is 5.97 Å². The van der Waals surface area contributed by atoms with E-state index in [1.807, 2.05) is 0 Å². The molecule has 6 nitrogen and oxygen atoms in total. The van der Waals surface area contributed by atoms with Crippen molar-refractivity contribution in [2.75, 3.05) is 18.4 Å². The van der Waals surface area contributed by atoms with Crippen LogP contribution in [0, 0.1) is 0 Å². The minimum Gasteiger partial charge on any atom is -0.448 e. The quantitative estimate of drug-likeness (QED) is 0.520. The number of ether oxygens (including phenoxy) is 1. The molecule has 0 saturated heterocycles. The second kappa shape index (κ2) is 9.98. The Balaban J connectivity index is 1.73. The molecular formula is C18H25N3O3S. The van der Waals surface area contributed by atoms with Gasteiger partial charge in [-0.15, -0.1) is 17.9 Å². The highest BCUT2D eigenvalue weighted by Crippen LogP contribution is 2.19. The second-order valence-electron chi connectivity index (χ2n) is 5.90. The predicted molar refractivity (Wildman–Crippen MR) is 99.9 cm³/mol. The van der Waals surface area contributed by atoms with E-state index in [0.717, 1.165) is 19.3 Å². The SMILES string of the molecule is C=CCNc1nc(C(=O)OC(C)C(=O)NCCC2=CCCCC2)cs1. The Labute approximate surface area is 152 Å². The van der Waals surface area contributed by atoms with Gasteiger partial charge in [-0.2, -0.15) is 0 Å². The van der Waals surface area contributed by atoms with Crippen molar-refractivity contribution in [3.8, 4) is 0 Å². The molecule has 1 unspecified atom stereocenters. The van der Waals surface area contributed by atoms with E-state index in [1.54, 1.807) is 18.4 Å². The number of esters is 1.